The van der Waals surface area contributed by atoms with Crippen molar-refractivity contribution in [2.24, 2.45) is 33.8 Å². The molecule has 0 saturated carbocycles. The number of nitrogens with one attached hydrogen (secondary N) is 3. The van der Waals surface area contributed by atoms with E-state index in [4.69, 9.17) is 22.9 Å². The van der Waals surface area contributed by atoms with Gasteiger partial charge in [-0.05, 0) is 51.5 Å². The van der Waals surface area contributed by atoms with E-state index >= 15 is 0 Å². The molecule has 0 aromatic heterocycles. The van der Waals surface area contributed by atoms with Crippen LogP contribution in [0, 0.1) is 5.92 Å². The highest BCUT2D eigenvalue weighted by atomic mass is 16.4. The first kappa shape index (κ1) is 33.0. The maximum Gasteiger partial charge on any atom is 0.326 e. The number of hydrogen-bond donors (Lipinski definition) is 9. The zero-order chi connectivity index (χ0) is 27.8. The van der Waals surface area contributed by atoms with E-state index in [-0.39, 0.29) is 31.3 Å². The lowest BCUT2D eigenvalue weighted by Crippen LogP contribution is -2.58. The average molecular weight is 517 g/mol. The molecular formula is C22H44N8O6. The highest BCUT2D eigenvalue weighted by molar-refractivity contribution is 5.94. The molecular weight excluding hydrogens is 472 g/mol. The van der Waals surface area contributed by atoms with Crippen molar-refractivity contribution < 1.29 is 29.4 Å². The van der Waals surface area contributed by atoms with E-state index in [2.05, 4.69) is 20.9 Å². The monoisotopic (exact) mass is 516 g/mol. The summed E-state index contributed by atoms with van der Waals surface area (Å²) >= 11 is 0. The number of rotatable bonds is 18. The van der Waals surface area contributed by atoms with Gasteiger partial charge in [-0.1, -0.05) is 20.3 Å². The molecule has 0 aliphatic heterocycles. The molecule has 14 heteroatoms. The van der Waals surface area contributed by atoms with Gasteiger partial charge in [-0.2, -0.15) is 0 Å². The van der Waals surface area contributed by atoms with E-state index in [0.29, 0.717) is 32.2 Å². The summed E-state index contributed by atoms with van der Waals surface area (Å²) < 4.78 is 0. The van der Waals surface area contributed by atoms with Crippen LogP contribution >= 0.6 is 0 Å². The lowest BCUT2D eigenvalue weighted by atomic mass is 9.98. The first-order valence-electron chi connectivity index (χ1n) is 12.2. The van der Waals surface area contributed by atoms with Crippen molar-refractivity contribution in [2.75, 3.05) is 13.1 Å². The summed E-state index contributed by atoms with van der Waals surface area (Å²) in [6.45, 7) is 5.43. The summed E-state index contributed by atoms with van der Waals surface area (Å²) in [6, 6.07) is -4.56. The first-order chi connectivity index (χ1) is 16.8. The lowest BCUT2D eigenvalue weighted by molar-refractivity contribution is -0.144. The molecule has 0 bridgehead atoms. The molecule has 0 aromatic carbocycles. The van der Waals surface area contributed by atoms with Gasteiger partial charge in [-0.25, -0.2) is 4.79 Å². The van der Waals surface area contributed by atoms with Crippen molar-refractivity contribution in [2.45, 2.75) is 89.6 Å². The molecule has 0 spiro atoms. The quantitative estimate of drug-likeness (QED) is 0.0523. The van der Waals surface area contributed by atoms with Crippen molar-refractivity contribution in [3.63, 3.8) is 0 Å². The summed E-state index contributed by atoms with van der Waals surface area (Å²) in [5, 5.41) is 26.7. The minimum absolute atomic E-state index is 0.114. The van der Waals surface area contributed by atoms with Gasteiger partial charge in [0.05, 0.1) is 6.10 Å². The molecule has 0 aromatic rings. The average Bonchev–Trinajstić information content (AvgIpc) is 2.81. The van der Waals surface area contributed by atoms with Crippen LogP contribution in [-0.2, 0) is 19.2 Å². The topological polar surface area (TPSA) is 261 Å². The van der Waals surface area contributed by atoms with Gasteiger partial charge in [0.15, 0.2) is 5.96 Å². The molecule has 6 unspecified atom stereocenters. The number of carbonyl (C=O) groups excluding carboxylic acids is 3. The molecule has 36 heavy (non-hydrogen) atoms. The third kappa shape index (κ3) is 12.7. The number of aliphatic carboxylic acids is 1. The van der Waals surface area contributed by atoms with E-state index in [1.807, 2.05) is 0 Å². The molecule has 14 nitrogen and oxygen atoms in total. The van der Waals surface area contributed by atoms with Crippen molar-refractivity contribution in [3.8, 4) is 0 Å². The van der Waals surface area contributed by atoms with Gasteiger partial charge in [0.2, 0.25) is 17.7 Å². The number of aliphatic hydroxyl groups is 1. The van der Waals surface area contributed by atoms with Crippen LogP contribution in [0.3, 0.4) is 0 Å². The Morgan fingerprint density at radius 3 is 1.89 bits per heavy atom. The van der Waals surface area contributed by atoms with Crippen LogP contribution in [0.2, 0.25) is 0 Å². The Kier molecular flexibility index (Phi) is 16.0. The van der Waals surface area contributed by atoms with E-state index in [0.717, 1.165) is 0 Å². The predicted molar refractivity (Wildman–Crippen MR) is 135 cm³/mol. The Morgan fingerprint density at radius 2 is 1.42 bits per heavy atom. The molecule has 0 rings (SSSR count). The molecule has 0 aliphatic rings. The van der Waals surface area contributed by atoms with Gasteiger partial charge >= 0.3 is 5.97 Å². The number of nitrogens with two attached hydrogens (primary N) is 4. The van der Waals surface area contributed by atoms with Crippen LogP contribution in [0.4, 0.5) is 0 Å². The van der Waals surface area contributed by atoms with Crippen LogP contribution in [-0.4, -0.2) is 83.2 Å². The number of amides is 3. The number of aliphatic hydroxyl groups excluding tert-OH is 1. The summed E-state index contributed by atoms with van der Waals surface area (Å²) in [6.07, 6.45) is 1.11. The molecule has 0 fully saturated rings. The maximum atomic E-state index is 13.1. The van der Waals surface area contributed by atoms with Gasteiger partial charge < -0.3 is 49.1 Å². The normalized spacial score (nSPS) is 15.9. The van der Waals surface area contributed by atoms with Gasteiger partial charge in [-0.3, -0.25) is 19.4 Å². The highest BCUT2D eigenvalue weighted by Gasteiger charge is 2.32. The number of hydrogen-bond acceptors (Lipinski definition) is 8. The number of carboxylic acid groups (broad SMARTS) is 1. The third-order valence-corrected chi connectivity index (χ3v) is 5.76. The summed E-state index contributed by atoms with van der Waals surface area (Å²) in [5.41, 5.74) is 21.8. The van der Waals surface area contributed by atoms with Crippen LogP contribution in [0.1, 0.15) is 59.3 Å². The maximum absolute atomic E-state index is 13.1. The third-order valence-electron chi connectivity index (χ3n) is 5.76. The minimum Gasteiger partial charge on any atom is -0.480 e. The van der Waals surface area contributed by atoms with Gasteiger partial charge in [0, 0.05) is 6.54 Å². The molecule has 0 radical (unpaired) electrons. The Bertz CT molecular complexity index is 744. The summed E-state index contributed by atoms with van der Waals surface area (Å²) in [5.74, 6) is -3.72. The van der Waals surface area contributed by atoms with Gasteiger partial charge in [-0.15, -0.1) is 0 Å². The molecule has 0 saturated heterocycles. The van der Waals surface area contributed by atoms with Gasteiger partial charge in [0.25, 0.3) is 0 Å². The first-order valence-corrected chi connectivity index (χ1v) is 12.2. The molecule has 208 valence electrons. The second-order valence-corrected chi connectivity index (χ2v) is 8.83. The Hall–Kier alpha value is -2.97. The van der Waals surface area contributed by atoms with Crippen LogP contribution < -0.4 is 38.9 Å². The van der Waals surface area contributed by atoms with Crippen molar-refractivity contribution in [3.05, 3.63) is 0 Å². The van der Waals surface area contributed by atoms with Crippen molar-refractivity contribution in [1.82, 2.24) is 16.0 Å². The minimum atomic E-state index is -1.27. The van der Waals surface area contributed by atoms with E-state index < -0.39 is 54.0 Å². The fraction of sp³-hybridized carbons (Fsp3) is 0.773. The van der Waals surface area contributed by atoms with Crippen LogP contribution in [0.25, 0.3) is 0 Å². The number of guanidine groups is 1. The Labute approximate surface area is 212 Å². The lowest BCUT2D eigenvalue weighted by Gasteiger charge is -2.27. The SMILES string of the molecule is CCC(C)C(NC(=O)C(CCCCN)NC(=O)C(CCCN=C(N)N)NC(=O)C(N)C(C)O)C(=O)O. The smallest absolute Gasteiger partial charge is 0.326 e. The number of carboxylic acids is 1. The summed E-state index contributed by atoms with van der Waals surface area (Å²) in [4.78, 5) is 54.0. The standard InChI is InChI=1S/C22H44N8O6/c1-4-12(2)17(21(35)36)30-19(33)14(8-5-6-10-23)28-18(32)15(9-7-11-27-22(25)26)29-20(34)16(24)13(3)31/h12-17,31H,4-11,23-24H2,1-3H3,(H,28,32)(H,29,34)(H,30,33)(H,35,36)(H4,25,26,27). The van der Waals surface area contributed by atoms with E-state index in [1.54, 1.807) is 13.8 Å². The van der Waals surface area contributed by atoms with Crippen molar-refractivity contribution in [1.29, 1.82) is 0 Å². The highest BCUT2D eigenvalue weighted by Crippen LogP contribution is 2.10. The second-order valence-electron chi connectivity index (χ2n) is 8.83. The second kappa shape index (κ2) is 17.5. The fourth-order valence-electron chi connectivity index (χ4n) is 3.23. The largest absolute Gasteiger partial charge is 0.480 e. The zero-order valence-corrected chi connectivity index (χ0v) is 21.4. The number of nitrogens with zero attached hydrogens (tertiary/aromatic N) is 1. The van der Waals surface area contributed by atoms with Gasteiger partial charge in [0.1, 0.15) is 24.2 Å². The van der Waals surface area contributed by atoms with Crippen LogP contribution in [0.15, 0.2) is 4.99 Å². The zero-order valence-electron chi connectivity index (χ0n) is 21.4. The van der Waals surface area contributed by atoms with E-state index in [1.165, 1.54) is 6.92 Å². The van der Waals surface area contributed by atoms with Crippen molar-refractivity contribution >= 4 is 29.7 Å². The van der Waals surface area contributed by atoms with E-state index in [9.17, 15) is 29.4 Å². The van der Waals surface area contributed by atoms with Crippen LogP contribution in [0.5, 0.6) is 0 Å². The predicted octanol–water partition coefficient (Wildman–Crippen LogP) is -2.54. The fourth-order valence-corrected chi connectivity index (χ4v) is 3.23. The molecule has 0 aliphatic carbocycles. The Balaban J connectivity index is 5.66. The Morgan fingerprint density at radius 1 is 0.889 bits per heavy atom. The molecule has 0 heterocycles. The number of unbranched alkanes of at least 4 members (excludes halogenated alkanes) is 1. The molecule has 13 N–H and O–H groups in total. The number of aliphatic imine (C=N–C) groups is 1. The molecule has 3 amide bonds. The summed E-state index contributed by atoms with van der Waals surface area (Å²) in [7, 11) is 0. The molecule has 6 atom stereocenters. The number of carbonyl (C=O) groups is 4.